The maximum atomic E-state index is 13.2. The van der Waals surface area contributed by atoms with Crippen molar-refractivity contribution in [1.82, 2.24) is 24.8 Å². The van der Waals surface area contributed by atoms with Gasteiger partial charge in [0.2, 0.25) is 5.95 Å². The summed E-state index contributed by atoms with van der Waals surface area (Å²) in [5.41, 5.74) is 3.84. The molecule has 0 saturated carbocycles. The third kappa shape index (κ3) is 7.45. The summed E-state index contributed by atoms with van der Waals surface area (Å²) >= 11 is 0. The van der Waals surface area contributed by atoms with Crippen molar-refractivity contribution in [2.24, 2.45) is 0 Å². The van der Waals surface area contributed by atoms with Crippen LogP contribution >= 0.6 is 0 Å². The normalized spacial score (nSPS) is 17.4. The van der Waals surface area contributed by atoms with E-state index in [1.54, 1.807) is 24.7 Å². The number of anilines is 3. The van der Waals surface area contributed by atoms with E-state index in [0.29, 0.717) is 29.8 Å². The third-order valence-corrected chi connectivity index (χ3v) is 9.28. The lowest BCUT2D eigenvalue weighted by atomic mass is 9.97. The number of likely N-dealkylation sites (tertiary alicyclic amines) is 2. The highest BCUT2D eigenvalue weighted by Gasteiger charge is 2.32. The minimum Gasteiger partial charge on any atom is -0.345 e. The minimum absolute atomic E-state index is 0.245. The van der Waals surface area contributed by atoms with Crippen LogP contribution in [0.15, 0.2) is 85.3 Å². The largest absolute Gasteiger partial charge is 0.416 e. The molecular weight excluding hydrogens is 575 g/mol. The van der Waals surface area contributed by atoms with E-state index in [2.05, 4.69) is 55.9 Å². The van der Waals surface area contributed by atoms with E-state index in [1.165, 1.54) is 25.0 Å². The predicted molar refractivity (Wildman–Crippen MR) is 173 cm³/mol. The average molecular weight is 616 g/mol. The summed E-state index contributed by atoms with van der Waals surface area (Å²) in [6.07, 6.45) is 5.34. The maximum Gasteiger partial charge on any atom is 0.416 e. The summed E-state index contributed by atoms with van der Waals surface area (Å²) < 4.78 is 39.5. The van der Waals surface area contributed by atoms with Crippen molar-refractivity contribution in [3.8, 4) is 11.3 Å². The maximum absolute atomic E-state index is 13.2. The van der Waals surface area contributed by atoms with Gasteiger partial charge in [0, 0.05) is 74.3 Å². The monoisotopic (exact) mass is 615 g/mol. The molecular formula is C35H40F3N7. The van der Waals surface area contributed by atoms with E-state index >= 15 is 0 Å². The van der Waals surface area contributed by atoms with Crippen LogP contribution in [-0.2, 0) is 12.7 Å². The number of nitrogens with zero attached hydrogens (tertiary/aromatic N) is 7. The van der Waals surface area contributed by atoms with Gasteiger partial charge in [-0.1, -0.05) is 24.3 Å². The van der Waals surface area contributed by atoms with Crippen molar-refractivity contribution < 1.29 is 13.2 Å². The van der Waals surface area contributed by atoms with Gasteiger partial charge in [0.05, 0.1) is 11.3 Å². The Kier molecular flexibility index (Phi) is 9.32. The number of hydrogen-bond acceptors (Lipinski definition) is 7. The Labute approximate surface area is 263 Å². The highest BCUT2D eigenvalue weighted by atomic mass is 19.4. The molecule has 4 aromatic rings. The molecule has 10 heteroatoms. The molecule has 0 N–H and O–H groups in total. The molecule has 236 valence electrons. The number of aromatic nitrogens is 3. The summed E-state index contributed by atoms with van der Waals surface area (Å²) in [6, 6.07) is 20.3. The molecule has 0 radical (unpaired) electrons. The Morgan fingerprint density at radius 1 is 0.778 bits per heavy atom. The molecule has 0 atom stereocenters. The fraction of sp³-hybridized carbons (Fsp3) is 0.400. The molecule has 0 spiro atoms. The average Bonchev–Trinajstić information content (AvgIpc) is 3.08. The molecule has 2 fully saturated rings. The standard InChI is InChI=1S/C35H40F3N7/c1-42-21-14-31(15-22-42)44-23-16-32(17-24-44)45(25-26-3-9-29(10-4-26)43(2)30-11-18-39-19-12-30)34-40-20-13-33(41-34)27-5-7-28(8-6-27)35(36,37)38/h3-13,18-20,31-32H,14-17,21-25H2,1-2H3. The van der Waals surface area contributed by atoms with E-state index in [0.717, 1.165) is 68.1 Å². The van der Waals surface area contributed by atoms with Crippen molar-refractivity contribution in [2.45, 2.75) is 50.5 Å². The topological polar surface area (TPSA) is 51.6 Å². The Hall–Kier alpha value is -4.02. The molecule has 0 aliphatic carbocycles. The van der Waals surface area contributed by atoms with Crippen LogP contribution in [-0.4, -0.2) is 77.1 Å². The molecule has 2 aliphatic heterocycles. The predicted octanol–water partition coefficient (Wildman–Crippen LogP) is 6.89. The number of alkyl halides is 3. The van der Waals surface area contributed by atoms with E-state index < -0.39 is 11.7 Å². The molecule has 0 unspecified atom stereocenters. The molecule has 2 aromatic carbocycles. The van der Waals surface area contributed by atoms with Crippen LogP contribution in [0.4, 0.5) is 30.5 Å². The first-order valence-corrected chi connectivity index (χ1v) is 15.7. The van der Waals surface area contributed by atoms with Gasteiger partial charge in [0.25, 0.3) is 0 Å². The van der Waals surface area contributed by atoms with Gasteiger partial charge in [-0.3, -0.25) is 4.98 Å². The first-order chi connectivity index (χ1) is 21.7. The van der Waals surface area contributed by atoms with Crippen LogP contribution < -0.4 is 9.80 Å². The van der Waals surface area contributed by atoms with Crippen LogP contribution in [0.25, 0.3) is 11.3 Å². The van der Waals surface area contributed by atoms with Crippen molar-refractivity contribution in [3.05, 3.63) is 96.4 Å². The zero-order valence-corrected chi connectivity index (χ0v) is 25.9. The van der Waals surface area contributed by atoms with Crippen molar-refractivity contribution in [3.63, 3.8) is 0 Å². The van der Waals surface area contributed by atoms with Gasteiger partial charge >= 0.3 is 6.18 Å². The Bertz CT molecular complexity index is 1510. The third-order valence-electron chi connectivity index (χ3n) is 9.28. The van der Waals surface area contributed by atoms with Crippen LogP contribution in [0, 0.1) is 0 Å². The summed E-state index contributed by atoms with van der Waals surface area (Å²) in [5.74, 6) is 0.600. The quantitative estimate of drug-likeness (QED) is 0.214. The summed E-state index contributed by atoms with van der Waals surface area (Å²) in [7, 11) is 4.23. The zero-order valence-electron chi connectivity index (χ0n) is 25.9. The van der Waals surface area contributed by atoms with E-state index in [1.807, 2.05) is 19.2 Å². The van der Waals surface area contributed by atoms with Crippen LogP contribution in [0.5, 0.6) is 0 Å². The zero-order chi connectivity index (χ0) is 31.4. The van der Waals surface area contributed by atoms with Crippen molar-refractivity contribution >= 4 is 17.3 Å². The van der Waals surface area contributed by atoms with E-state index in [9.17, 15) is 13.2 Å². The highest BCUT2D eigenvalue weighted by molar-refractivity contribution is 5.63. The molecule has 4 heterocycles. The van der Waals surface area contributed by atoms with Crippen LogP contribution in [0.2, 0.25) is 0 Å². The van der Waals surface area contributed by atoms with Gasteiger partial charge in [-0.25, -0.2) is 9.97 Å². The lowest BCUT2D eigenvalue weighted by Gasteiger charge is -2.43. The van der Waals surface area contributed by atoms with E-state index in [-0.39, 0.29) is 6.04 Å². The van der Waals surface area contributed by atoms with Gasteiger partial charge in [-0.05, 0) is 93.8 Å². The molecule has 45 heavy (non-hydrogen) atoms. The summed E-state index contributed by atoms with van der Waals surface area (Å²) in [4.78, 5) is 23.2. The SMILES string of the molecule is CN1CCC(N2CCC(N(Cc3ccc(N(C)c4ccncc4)cc3)c3nccc(-c4ccc(C(F)(F)F)cc4)n3)CC2)CC1. The number of pyridine rings is 1. The number of piperidine rings is 2. The molecule has 2 aliphatic rings. The fourth-order valence-corrected chi connectivity index (χ4v) is 6.50. The number of hydrogen-bond donors (Lipinski definition) is 0. The smallest absolute Gasteiger partial charge is 0.345 e. The van der Waals surface area contributed by atoms with Gasteiger partial charge < -0.3 is 19.6 Å². The lowest BCUT2D eigenvalue weighted by Crippen LogP contribution is -2.51. The Balaban J connectivity index is 1.23. The minimum atomic E-state index is -4.38. The molecule has 2 aromatic heterocycles. The van der Waals surface area contributed by atoms with Crippen LogP contribution in [0.1, 0.15) is 36.8 Å². The molecule has 0 amide bonds. The Morgan fingerprint density at radius 2 is 1.42 bits per heavy atom. The Morgan fingerprint density at radius 3 is 2.07 bits per heavy atom. The molecule has 7 nitrogen and oxygen atoms in total. The summed E-state index contributed by atoms with van der Waals surface area (Å²) in [6.45, 7) is 4.99. The second kappa shape index (κ2) is 13.5. The van der Waals surface area contributed by atoms with Crippen molar-refractivity contribution in [1.29, 1.82) is 0 Å². The van der Waals surface area contributed by atoms with Gasteiger partial charge in [-0.2, -0.15) is 13.2 Å². The second-order valence-corrected chi connectivity index (χ2v) is 12.2. The molecule has 0 bridgehead atoms. The highest BCUT2D eigenvalue weighted by Crippen LogP contribution is 2.32. The number of rotatable bonds is 8. The first-order valence-electron chi connectivity index (χ1n) is 15.7. The number of halogens is 3. The second-order valence-electron chi connectivity index (χ2n) is 12.2. The van der Waals surface area contributed by atoms with Crippen LogP contribution in [0.3, 0.4) is 0 Å². The van der Waals surface area contributed by atoms with Gasteiger partial charge in [0.1, 0.15) is 0 Å². The lowest BCUT2D eigenvalue weighted by molar-refractivity contribution is -0.137. The van der Waals surface area contributed by atoms with Gasteiger partial charge in [-0.15, -0.1) is 0 Å². The fourth-order valence-electron chi connectivity index (χ4n) is 6.50. The first kappa shape index (κ1) is 31.0. The van der Waals surface area contributed by atoms with Gasteiger partial charge in [0.15, 0.2) is 0 Å². The summed E-state index contributed by atoms with van der Waals surface area (Å²) in [5, 5.41) is 0. The molecule has 6 rings (SSSR count). The number of benzene rings is 2. The molecule has 2 saturated heterocycles. The van der Waals surface area contributed by atoms with E-state index in [4.69, 9.17) is 9.97 Å². The van der Waals surface area contributed by atoms with Crippen molar-refractivity contribution in [2.75, 3.05) is 50.1 Å².